The molecule has 19 heavy (non-hydrogen) atoms. The van der Waals surface area contributed by atoms with Gasteiger partial charge in [0.15, 0.2) is 0 Å². The van der Waals surface area contributed by atoms with Gasteiger partial charge in [-0.15, -0.1) is 0 Å². The molecule has 0 bridgehead atoms. The number of hydrogen-bond donors (Lipinski definition) is 1. The van der Waals surface area contributed by atoms with Crippen molar-refractivity contribution >= 4 is 5.69 Å². The van der Waals surface area contributed by atoms with Gasteiger partial charge in [-0.2, -0.15) is 0 Å². The van der Waals surface area contributed by atoms with Crippen LogP contribution in [0.2, 0.25) is 0 Å². The molecule has 2 rings (SSSR count). The minimum Gasteiger partial charge on any atom is -0.366 e. The van der Waals surface area contributed by atoms with E-state index in [1.165, 1.54) is 30.5 Å². The number of rotatable bonds is 2. The van der Waals surface area contributed by atoms with E-state index in [1.807, 2.05) is 0 Å². The average molecular weight is 260 g/mol. The standard InChI is InChI=1S/C17H28N2/c1-13(18)16(17(2,3)4)19-12-8-7-10-14-9-5-6-11-15(14)19/h5-6,9,11,13,16H,7-8,10,12,18H2,1-4H3. The van der Waals surface area contributed by atoms with Gasteiger partial charge in [-0.3, -0.25) is 0 Å². The van der Waals surface area contributed by atoms with Crippen LogP contribution in [0, 0.1) is 5.41 Å². The van der Waals surface area contributed by atoms with Crippen molar-refractivity contribution in [3.63, 3.8) is 0 Å². The number of anilines is 1. The van der Waals surface area contributed by atoms with Gasteiger partial charge in [-0.25, -0.2) is 0 Å². The van der Waals surface area contributed by atoms with Crippen molar-refractivity contribution in [1.29, 1.82) is 0 Å². The number of nitrogens with zero attached hydrogens (tertiary/aromatic N) is 1. The molecular weight excluding hydrogens is 232 g/mol. The van der Waals surface area contributed by atoms with Gasteiger partial charge in [0, 0.05) is 24.3 Å². The lowest BCUT2D eigenvalue weighted by Crippen LogP contribution is -2.54. The normalized spacial score (nSPS) is 19.5. The van der Waals surface area contributed by atoms with E-state index in [4.69, 9.17) is 5.73 Å². The Morgan fingerprint density at radius 3 is 2.47 bits per heavy atom. The number of nitrogens with two attached hydrogens (primary N) is 1. The summed E-state index contributed by atoms with van der Waals surface area (Å²) in [5, 5.41) is 0. The minimum absolute atomic E-state index is 0.172. The third kappa shape index (κ3) is 3.11. The molecule has 1 aromatic rings. The van der Waals surface area contributed by atoms with Gasteiger partial charge in [0.2, 0.25) is 0 Å². The zero-order valence-corrected chi connectivity index (χ0v) is 12.8. The van der Waals surface area contributed by atoms with E-state index in [2.05, 4.69) is 56.9 Å². The van der Waals surface area contributed by atoms with E-state index in [-0.39, 0.29) is 11.5 Å². The number of para-hydroxylation sites is 1. The van der Waals surface area contributed by atoms with E-state index in [0.29, 0.717) is 6.04 Å². The summed E-state index contributed by atoms with van der Waals surface area (Å²) in [7, 11) is 0. The van der Waals surface area contributed by atoms with Crippen LogP contribution in [0.15, 0.2) is 24.3 Å². The van der Waals surface area contributed by atoms with Crippen LogP contribution in [0.1, 0.15) is 46.1 Å². The highest BCUT2D eigenvalue weighted by molar-refractivity contribution is 5.55. The Hall–Kier alpha value is -1.02. The first-order chi connectivity index (χ1) is 8.91. The van der Waals surface area contributed by atoms with Crippen LogP contribution in [-0.2, 0) is 6.42 Å². The molecule has 0 aliphatic carbocycles. The molecule has 2 atom stereocenters. The van der Waals surface area contributed by atoms with Crippen molar-refractivity contribution in [3.8, 4) is 0 Å². The molecule has 2 heteroatoms. The van der Waals surface area contributed by atoms with E-state index >= 15 is 0 Å². The predicted molar refractivity (Wildman–Crippen MR) is 83.6 cm³/mol. The molecule has 0 aromatic heterocycles. The second kappa shape index (κ2) is 5.54. The summed E-state index contributed by atoms with van der Waals surface area (Å²) >= 11 is 0. The highest BCUT2D eigenvalue weighted by atomic mass is 15.2. The summed E-state index contributed by atoms with van der Waals surface area (Å²) in [6.07, 6.45) is 3.74. The average Bonchev–Trinajstić information content (AvgIpc) is 2.50. The van der Waals surface area contributed by atoms with Crippen molar-refractivity contribution < 1.29 is 0 Å². The van der Waals surface area contributed by atoms with Crippen molar-refractivity contribution in [3.05, 3.63) is 29.8 Å². The van der Waals surface area contributed by atoms with Gasteiger partial charge in [-0.05, 0) is 43.2 Å². The Bertz CT molecular complexity index is 418. The second-order valence-corrected chi connectivity index (χ2v) is 6.95. The van der Waals surface area contributed by atoms with Crippen molar-refractivity contribution in [2.75, 3.05) is 11.4 Å². The molecule has 2 unspecified atom stereocenters. The van der Waals surface area contributed by atoms with Gasteiger partial charge in [0.05, 0.1) is 0 Å². The highest BCUT2D eigenvalue weighted by Gasteiger charge is 2.34. The molecule has 0 spiro atoms. The summed E-state index contributed by atoms with van der Waals surface area (Å²) in [6.45, 7) is 10.2. The Morgan fingerprint density at radius 1 is 1.16 bits per heavy atom. The van der Waals surface area contributed by atoms with Crippen LogP contribution >= 0.6 is 0 Å². The van der Waals surface area contributed by atoms with E-state index in [0.717, 1.165) is 6.54 Å². The molecule has 0 fully saturated rings. The first kappa shape index (κ1) is 14.4. The molecule has 0 saturated carbocycles. The molecule has 0 amide bonds. The topological polar surface area (TPSA) is 29.3 Å². The molecule has 1 aliphatic rings. The molecule has 1 heterocycles. The number of fused-ring (bicyclic) bond motifs is 1. The van der Waals surface area contributed by atoms with Gasteiger partial charge in [0.25, 0.3) is 0 Å². The van der Waals surface area contributed by atoms with Crippen LogP contribution in [0.25, 0.3) is 0 Å². The van der Waals surface area contributed by atoms with Gasteiger partial charge in [-0.1, -0.05) is 39.0 Å². The van der Waals surface area contributed by atoms with E-state index in [9.17, 15) is 0 Å². The van der Waals surface area contributed by atoms with Crippen molar-refractivity contribution in [1.82, 2.24) is 0 Å². The monoisotopic (exact) mass is 260 g/mol. The maximum absolute atomic E-state index is 6.32. The third-order valence-corrected chi connectivity index (χ3v) is 4.12. The lowest BCUT2D eigenvalue weighted by molar-refractivity contribution is 0.272. The summed E-state index contributed by atoms with van der Waals surface area (Å²) in [6, 6.07) is 9.40. The maximum Gasteiger partial charge on any atom is 0.0486 e. The summed E-state index contributed by atoms with van der Waals surface area (Å²) in [4.78, 5) is 2.56. The van der Waals surface area contributed by atoms with E-state index in [1.54, 1.807) is 0 Å². The Labute approximate surface area is 118 Å². The first-order valence-corrected chi connectivity index (χ1v) is 7.51. The zero-order chi connectivity index (χ0) is 14.0. The van der Waals surface area contributed by atoms with E-state index < -0.39 is 0 Å². The number of benzene rings is 1. The van der Waals surface area contributed by atoms with Crippen LogP contribution < -0.4 is 10.6 Å². The zero-order valence-electron chi connectivity index (χ0n) is 12.8. The summed E-state index contributed by atoms with van der Waals surface area (Å²) in [5.41, 5.74) is 9.39. The number of aryl methyl sites for hydroxylation is 1. The molecule has 2 nitrogen and oxygen atoms in total. The smallest absolute Gasteiger partial charge is 0.0486 e. The van der Waals surface area contributed by atoms with Crippen LogP contribution in [0.4, 0.5) is 5.69 Å². The molecule has 106 valence electrons. The lowest BCUT2D eigenvalue weighted by atomic mass is 9.81. The third-order valence-electron chi connectivity index (χ3n) is 4.12. The first-order valence-electron chi connectivity index (χ1n) is 7.51. The fourth-order valence-corrected chi connectivity index (χ4v) is 3.55. The van der Waals surface area contributed by atoms with Crippen LogP contribution in [0.5, 0.6) is 0 Å². The lowest BCUT2D eigenvalue weighted by Gasteiger charge is -2.44. The Kier molecular flexibility index (Phi) is 4.19. The fourth-order valence-electron chi connectivity index (χ4n) is 3.55. The SMILES string of the molecule is CC(N)C(N1CCCCc2ccccc21)C(C)(C)C. The maximum atomic E-state index is 6.32. The minimum atomic E-state index is 0.172. The van der Waals surface area contributed by atoms with Crippen LogP contribution in [-0.4, -0.2) is 18.6 Å². The van der Waals surface area contributed by atoms with Crippen molar-refractivity contribution in [2.24, 2.45) is 11.1 Å². The molecule has 2 N–H and O–H groups in total. The molecular formula is C17H28N2. The van der Waals surface area contributed by atoms with Crippen molar-refractivity contribution in [2.45, 2.75) is 59.0 Å². The quantitative estimate of drug-likeness (QED) is 0.880. The molecule has 0 radical (unpaired) electrons. The molecule has 1 aliphatic heterocycles. The van der Waals surface area contributed by atoms with Gasteiger partial charge < -0.3 is 10.6 Å². The fraction of sp³-hybridized carbons (Fsp3) is 0.647. The summed E-state index contributed by atoms with van der Waals surface area (Å²) < 4.78 is 0. The Balaban J connectivity index is 2.42. The predicted octanol–water partition coefficient (Wildman–Crippen LogP) is 3.59. The molecule has 1 aromatic carbocycles. The molecule has 0 saturated heterocycles. The number of hydrogen-bond acceptors (Lipinski definition) is 2. The Morgan fingerprint density at radius 2 is 1.84 bits per heavy atom. The van der Waals surface area contributed by atoms with Gasteiger partial charge >= 0.3 is 0 Å². The second-order valence-electron chi connectivity index (χ2n) is 6.95. The van der Waals surface area contributed by atoms with Crippen LogP contribution in [0.3, 0.4) is 0 Å². The highest BCUT2D eigenvalue weighted by Crippen LogP contribution is 2.34. The van der Waals surface area contributed by atoms with Gasteiger partial charge in [0.1, 0.15) is 0 Å². The largest absolute Gasteiger partial charge is 0.366 e. The summed E-state index contributed by atoms with van der Waals surface area (Å²) in [5.74, 6) is 0.